The molecule has 21 heavy (non-hydrogen) atoms. The highest BCUT2D eigenvalue weighted by atomic mass is 79.9. The molecule has 0 radical (unpaired) electrons. The van der Waals surface area contributed by atoms with Crippen LogP contribution in [0.5, 0.6) is 0 Å². The number of anilines is 1. The summed E-state index contributed by atoms with van der Waals surface area (Å²) in [6.45, 7) is 3.48. The number of rotatable bonds is 5. The lowest BCUT2D eigenvalue weighted by Crippen LogP contribution is -2.62. The van der Waals surface area contributed by atoms with Gasteiger partial charge in [0.05, 0.1) is 17.8 Å². The molecular formula is C14H17Br3N2O2. The maximum atomic E-state index is 12.1. The number of hydrogen-bond donors (Lipinski definition) is 2. The Hall–Kier alpha value is 0.0500. The zero-order valence-electron chi connectivity index (χ0n) is 11.6. The number of aliphatic hydroxyl groups is 1. The van der Waals surface area contributed by atoms with Gasteiger partial charge in [-0.15, -0.1) is 0 Å². The molecule has 0 unspecified atom stereocenters. The molecule has 1 aromatic carbocycles. The molecule has 1 heterocycles. The minimum atomic E-state index is -0.603. The van der Waals surface area contributed by atoms with Crippen LogP contribution in [-0.4, -0.2) is 41.1 Å². The molecule has 0 saturated carbocycles. The number of halogens is 3. The van der Waals surface area contributed by atoms with Crippen molar-refractivity contribution in [3.63, 3.8) is 0 Å². The molecule has 2 rings (SSSR count). The Morgan fingerprint density at radius 3 is 2.43 bits per heavy atom. The molecule has 116 valence electrons. The molecule has 0 bridgehead atoms. The molecule has 1 aromatic rings. The average Bonchev–Trinajstić information content (AvgIpc) is 2.32. The van der Waals surface area contributed by atoms with E-state index < -0.39 is 5.60 Å². The number of benzene rings is 1. The van der Waals surface area contributed by atoms with Gasteiger partial charge in [0.15, 0.2) is 0 Å². The second kappa shape index (κ2) is 7.08. The minimum absolute atomic E-state index is 0.0859. The summed E-state index contributed by atoms with van der Waals surface area (Å²) >= 11 is 10.3. The van der Waals surface area contributed by atoms with Crippen LogP contribution in [0.1, 0.15) is 19.8 Å². The van der Waals surface area contributed by atoms with Gasteiger partial charge in [0.1, 0.15) is 0 Å². The topological polar surface area (TPSA) is 52.6 Å². The van der Waals surface area contributed by atoms with Crippen molar-refractivity contribution in [3.05, 3.63) is 25.6 Å². The van der Waals surface area contributed by atoms with Crippen molar-refractivity contribution in [2.45, 2.75) is 25.4 Å². The van der Waals surface area contributed by atoms with Crippen LogP contribution < -0.4 is 5.32 Å². The molecule has 2 N–H and O–H groups in total. The van der Waals surface area contributed by atoms with Crippen molar-refractivity contribution in [3.8, 4) is 0 Å². The lowest BCUT2D eigenvalue weighted by Gasteiger charge is -2.46. The van der Waals surface area contributed by atoms with Crippen LogP contribution in [0.3, 0.4) is 0 Å². The predicted molar refractivity (Wildman–Crippen MR) is 94.5 cm³/mol. The minimum Gasteiger partial charge on any atom is -0.387 e. The maximum Gasteiger partial charge on any atom is 0.238 e. The number of carbonyl (C=O) groups excluding carboxylic acids is 1. The van der Waals surface area contributed by atoms with E-state index >= 15 is 0 Å². The lowest BCUT2D eigenvalue weighted by atomic mass is 9.89. The molecule has 7 heteroatoms. The fourth-order valence-corrected chi connectivity index (χ4v) is 5.02. The maximum absolute atomic E-state index is 12.1. The summed E-state index contributed by atoms with van der Waals surface area (Å²) in [5, 5.41) is 13.0. The highest BCUT2D eigenvalue weighted by Gasteiger charge is 2.40. The lowest BCUT2D eigenvalue weighted by molar-refractivity contribution is -0.129. The second-order valence-electron chi connectivity index (χ2n) is 5.41. The molecule has 1 aliphatic rings. The number of nitrogens with one attached hydrogen (secondary N) is 1. The summed E-state index contributed by atoms with van der Waals surface area (Å²) in [6, 6.07) is 3.76. The van der Waals surface area contributed by atoms with Crippen LogP contribution >= 0.6 is 47.8 Å². The van der Waals surface area contributed by atoms with E-state index in [0.29, 0.717) is 25.3 Å². The van der Waals surface area contributed by atoms with Crippen LogP contribution in [0.4, 0.5) is 5.69 Å². The first kappa shape index (κ1) is 17.4. The van der Waals surface area contributed by atoms with Crippen molar-refractivity contribution in [2.24, 2.45) is 0 Å². The van der Waals surface area contributed by atoms with Gasteiger partial charge in [-0.1, -0.05) is 29.3 Å². The van der Waals surface area contributed by atoms with Crippen LogP contribution in [0, 0.1) is 0 Å². The number of β-amino-alcohol motifs (C(OH)–C–C–N with tert-alkyl or cyclic N) is 1. The third-order valence-corrected chi connectivity index (χ3v) is 5.10. The molecule has 1 saturated heterocycles. The summed E-state index contributed by atoms with van der Waals surface area (Å²) < 4.78 is 2.54. The van der Waals surface area contributed by atoms with Gasteiger partial charge in [-0.05, 0) is 50.4 Å². The van der Waals surface area contributed by atoms with Crippen molar-refractivity contribution in [1.82, 2.24) is 4.90 Å². The molecule has 1 amide bonds. The smallest absolute Gasteiger partial charge is 0.238 e. The second-order valence-corrected chi connectivity index (χ2v) is 8.04. The largest absolute Gasteiger partial charge is 0.387 e. The fourth-order valence-electron chi connectivity index (χ4n) is 2.57. The van der Waals surface area contributed by atoms with Crippen LogP contribution in [-0.2, 0) is 4.79 Å². The van der Waals surface area contributed by atoms with Crippen LogP contribution in [0.25, 0.3) is 0 Å². The van der Waals surface area contributed by atoms with Crippen molar-refractivity contribution >= 4 is 59.4 Å². The van der Waals surface area contributed by atoms with Gasteiger partial charge in [-0.25, -0.2) is 0 Å². The third-order valence-electron chi connectivity index (χ3n) is 3.39. The van der Waals surface area contributed by atoms with E-state index in [2.05, 4.69) is 60.0 Å². The monoisotopic (exact) mass is 482 g/mol. The van der Waals surface area contributed by atoms with Crippen molar-refractivity contribution < 1.29 is 9.90 Å². The molecule has 1 fully saturated rings. The molecule has 4 nitrogen and oxygen atoms in total. The first-order valence-electron chi connectivity index (χ1n) is 6.72. The summed E-state index contributed by atoms with van der Waals surface area (Å²) in [5.74, 6) is -0.0859. The Morgan fingerprint density at radius 1 is 1.33 bits per heavy atom. The average molecular weight is 485 g/mol. The molecule has 0 aliphatic carbocycles. The molecular weight excluding hydrogens is 468 g/mol. The summed E-state index contributed by atoms with van der Waals surface area (Å²) in [7, 11) is 0. The van der Waals surface area contributed by atoms with E-state index in [1.165, 1.54) is 0 Å². The zero-order chi connectivity index (χ0) is 15.6. The van der Waals surface area contributed by atoms with Gasteiger partial charge in [-0.2, -0.15) is 0 Å². The normalized spacial score (nSPS) is 17.4. The van der Waals surface area contributed by atoms with Gasteiger partial charge in [0.2, 0.25) is 5.91 Å². The molecule has 0 spiro atoms. The third kappa shape index (κ3) is 4.51. The zero-order valence-corrected chi connectivity index (χ0v) is 16.4. The molecule has 0 atom stereocenters. The summed E-state index contributed by atoms with van der Waals surface area (Å²) in [4.78, 5) is 14.0. The molecule has 0 aromatic heterocycles. The van der Waals surface area contributed by atoms with Crippen LogP contribution in [0.2, 0.25) is 0 Å². The van der Waals surface area contributed by atoms with E-state index in [4.69, 9.17) is 0 Å². The number of nitrogens with zero attached hydrogens (tertiary/aromatic N) is 1. The quantitative estimate of drug-likeness (QED) is 0.669. The van der Waals surface area contributed by atoms with Crippen molar-refractivity contribution in [2.75, 3.05) is 25.0 Å². The Kier molecular flexibility index (Phi) is 5.87. The number of likely N-dealkylation sites (tertiary alicyclic amines) is 1. The first-order valence-corrected chi connectivity index (χ1v) is 9.10. The van der Waals surface area contributed by atoms with E-state index in [0.717, 1.165) is 26.3 Å². The Morgan fingerprint density at radius 2 is 1.90 bits per heavy atom. The van der Waals surface area contributed by atoms with Gasteiger partial charge >= 0.3 is 0 Å². The molecule has 1 aliphatic heterocycles. The predicted octanol–water partition coefficient (Wildman–Crippen LogP) is 3.76. The SMILES string of the molecule is CCCC1(O)CN(CC(=O)Nc2c(Br)cc(Br)cc2Br)C1. The first-order chi connectivity index (χ1) is 9.83. The number of carbonyl (C=O) groups is 1. The van der Waals surface area contributed by atoms with Gasteiger partial charge in [0, 0.05) is 26.5 Å². The van der Waals surface area contributed by atoms with Gasteiger partial charge in [0.25, 0.3) is 0 Å². The number of amides is 1. The summed E-state index contributed by atoms with van der Waals surface area (Å²) in [6.07, 6.45) is 1.74. The Labute approximate surface area is 149 Å². The highest BCUT2D eigenvalue weighted by molar-refractivity contribution is 9.11. The number of hydrogen-bond acceptors (Lipinski definition) is 3. The Balaban J connectivity index is 1.89. The standard InChI is InChI=1S/C14H17Br3N2O2/c1-2-3-14(21)7-19(8-14)6-12(20)18-13-10(16)4-9(15)5-11(13)17/h4-5,21H,2-3,6-8H2,1H3,(H,18,20). The van der Waals surface area contributed by atoms with E-state index in [1.54, 1.807) is 0 Å². The fraction of sp³-hybridized carbons (Fsp3) is 0.500. The van der Waals surface area contributed by atoms with E-state index in [-0.39, 0.29) is 5.91 Å². The summed E-state index contributed by atoms with van der Waals surface area (Å²) in [5.41, 5.74) is 0.112. The van der Waals surface area contributed by atoms with E-state index in [1.807, 2.05) is 17.0 Å². The van der Waals surface area contributed by atoms with E-state index in [9.17, 15) is 9.90 Å². The van der Waals surface area contributed by atoms with Crippen LogP contribution in [0.15, 0.2) is 25.6 Å². The van der Waals surface area contributed by atoms with Gasteiger partial charge in [-0.3, -0.25) is 9.69 Å². The highest BCUT2D eigenvalue weighted by Crippen LogP contribution is 2.34. The Bertz CT molecular complexity index is 522. The van der Waals surface area contributed by atoms with Crippen molar-refractivity contribution in [1.29, 1.82) is 0 Å². The van der Waals surface area contributed by atoms with Gasteiger partial charge < -0.3 is 10.4 Å².